The fourth-order valence-corrected chi connectivity index (χ4v) is 2.13. The van der Waals surface area contributed by atoms with E-state index >= 15 is 0 Å². The molecule has 0 aliphatic carbocycles. The molecular weight excluding hydrogens is 246 g/mol. The summed E-state index contributed by atoms with van der Waals surface area (Å²) in [4.78, 5) is 12.7. The molecule has 1 fully saturated rings. The molecule has 1 aliphatic heterocycles. The van der Waals surface area contributed by atoms with Gasteiger partial charge >= 0.3 is 10.4 Å². The Morgan fingerprint density at radius 3 is 2.67 bits per heavy atom. The van der Waals surface area contributed by atoms with Crippen molar-refractivity contribution in [3.05, 3.63) is 0 Å². The first-order chi connectivity index (χ1) is 6.92. The molecule has 1 N–H and O–H groups in total. The lowest BCUT2D eigenvalue weighted by molar-refractivity contribution is -0.128. The van der Waals surface area contributed by atoms with Gasteiger partial charge in [-0.2, -0.15) is 8.42 Å². The van der Waals surface area contributed by atoms with Gasteiger partial charge in [-0.25, -0.2) is 4.18 Å². The van der Waals surface area contributed by atoms with Crippen LogP contribution in [0.1, 0.15) is 12.8 Å². The molecule has 0 aromatic carbocycles. The van der Waals surface area contributed by atoms with Crippen molar-refractivity contribution in [3.8, 4) is 0 Å². The van der Waals surface area contributed by atoms with Gasteiger partial charge in [-0.3, -0.25) is 9.35 Å². The first-order valence-electron chi connectivity index (χ1n) is 4.42. The zero-order valence-corrected chi connectivity index (χ0v) is 9.50. The molecule has 0 unspecified atom stereocenters. The van der Waals surface area contributed by atoms with Crippen LogP contribution in [0.3, 0.4) is 0 Å². The monoisotopic (exact) mass is 257 g/mol. The summed E-state index contributed by atoms with van der Waals surface area (Å²) in [6.07, 6.45) is 0.310. The van der Waals surface area contributed by atoms with Crippen molar-refractivity contribution in [1.29, 1.82) is 0 Å². The highest BCUT2D eigenvalue weighted by molar-refractivity contribution is 7.80. The van der Waals surface area contributed by atoms with Crippen LogP contribution in [-0.2, 0) is 19.4 Å². The number of hydrogen-bond acceptors (Lipinski definition) is 4. The quantitative estimate of drug-likeness (QED) is 0.555. The van der Waals surface area contributed by atoms with E-state index in [1.807, 2.05) is 0 Å². The van der Waals surface area contributed by atoms with Crippen LogP contribution in [-0.4, -0.2) is 48.9 Å². The van der Waals surface area contributed by atoms with E-state index < -0.39 is 16.5 Å². The van der Waals surface area contributed by atoms with E-state index in [4.69, 9.17) is 16.2 Å². The van der Waals surface area contributed by atoms with Crippen molar-refractivity contribution in [2.24, 2.45) is 0 Å². The summed E-state index contributed by atoms with van der Waals surface area (Å²) in [7, 11) is -4.52. The third-order valence-electron chi connectivity index (χ3n) is 2.03. The van der Waals surface area contributed by atoms with E-state index in [2.05, 4.69) is 4.18 Å². The van der Waals surface area contributed by atoms with Gasteiger partial charge < -0.3 is 4.90 Å². The number of amides is 1. The predicted molar refractivity (Wildman–Crippen MR) is 53.0 cm³/mol. The Morgan fingerprint density at radius 1 is 1.60 bits per heavy atom. The van der Waals surface area contributed by atoms with Gasteiger partial charge in [0.15, 0.2) is 0 Å². The lowest BCUT2D eigenvalue weighted by Crippen LogP contribution is -2.36. The maximum Gasteiger partial charge on any atom is 0.397 e. The van der Waals surface area contributed by atoms with Gasteiger partial charge in [-0.15, -0.1) is 11.6 Å². The minimum Gasteiger partial charge on any atom is -0.340 e. The highest BCUT2D eigenvalue weighted by Gasteiger charge is 2.25. The Kier molecular flexibility index (Phi) is 4.32. The molecule has 6 nitrogen and oxygen atoms in total. The van der Waals surface area contributed by atoms with Crippen molar-refractivity contribution in [2.75, 3.05) is 19.0 Å². The minimum atomic E-state index is -4.52. The molecule has 1 amide bonds. The second-order valence-electron chi connectivity index (χ2n) is 3.24. The number of halogens is 1. The molecule has 88 valence electrons. The van der Waals surface area contributed by atoms with Crippen LogP contribution in [0.4, 0.5) is 0 Å². The number of carbonyl (C=O) groups excluding carboxylic acids is 1. The van der Waals surface area contributed by atoms with Crippen LogP contribution in [0.5, 0.6) is 0 Å². The molecule has 0 bridgehead atoms. The highest BCUT2D eigenvalue weighted by Crippen LogP contribution is 2.12. The summed E-state index contributed by atoms with van der Waals surface area (Å²) in [6, 6.07) is 0. The third kappa shape index (κ3) is 4.33. The van der Waals surface area contributed by atoms with Gasteiger partial charge in [0.05, 0.1) is 5.88 Å². The van der Waals surface area contributed by atoms with Crippen LogP contribution in [0, 0.1) is 0 Å². The Morgan fingerprint density at radius 2 is 2.27 bits per heavy atom. The molecule has 0 spiro atoms. The van der Waals surface area contributed by atoms with Gasteiger partial charge in [0.1, 0.15) is 6.10 Å². The Hall–Kier alpha value is -0.370. The molecule has 0 aromatic rings. The molecule has 0 aromatic heterocycles. The first-order valence-corrected chi connectivity index (χ1v) is 6.32. The summed E-state index contributed by atoms with van der Waals surface area (Å²) in [5, 5.41) is 0. The molecule has 1 rings (SSSR count). The summed E-state index contributed by atoms with van der Waals surface area (Å²) < 4.78 is 33.6. The number of hydrogen-bond donors (Lipinski definition) is 1. The van der Waals surface area contributed by atoms with E-state index in [0.717, 1.165) is 6.42 Å². The van der Waals surface area contributed by atoms with Crippen LogP contribution >= 0.6 is 11.6 Å². The van der Waals surface area contributed by atoms with E-state index in [1.165, 1.54) is 4.90 Å². The topological polar surface area (TPSA) is 83.9 Å². The second kappa shape index (κ2) is 5.11. The largest absolute Gasteiger partial charge is 0.397 e. The van der Waals surface area contributed by atoms with Crippen molar-refractivity contribution in [2.45, 2.75) is 18.9 Å². The molecular formula is C7H12ClNO5S. The fraction of sp³-hybridized carbons (Fsp3) is 0.857. The fourth-order valence-electron chi connectivity index (χ4n) is 1.42. The van der Waals surface area contributed by atoms with Crippen molar-refractivity contribution >= 4 is 27.9 Å². The van der Waals surface area contributed by atoms with E-state index in [9.17, 15) is 13.2 Å². The van der Waals surface area contributed by atoms with Crippen molar-refractivity contribution in [1.82, 2.24) is 4.90 Å². The normalized spacial score (nSPS) is 19.6. The number of carbonyl (C=O) groups is 1. The van der Waals surface area contributed by atoms with Gasteiger partial charge in [0.25, 0.3) is 0 Å². The number of alkyl halides is 1. The smallest absolute Gasteiger partial charge is 0.340 e. The average molecular weight is 258 g/mol. The van der Waals surface area contributed by atoms with Gasteiger partial charge in [0.2, 0.25) is 5.91 Å². The van der Waals surface area contributed by atoms with E-state index in [1.54, 1.807) is 0 Å². The van der Waals surface area contributed by atoms with Crippen LogP contribution < -0.4 is 0 Å². The van der Waals surface area contributed by atoms with Crippen LogP contribution in [0.15, 0.2) is 0 Å². The first kappa shape index (κ1) is 12.7. The van der Waals surface area contributed by atoms with Gasteiger partial charge in [-0.1, -0.05) is 0 Å². The van der Waals surface area contributed by atoms with Gasteiger partial charge in [0, 0.05) is 19.5 Å². The van der Waals surface area contributed by atoms with Crippen LogP contribution in [0.2, 0.25) is 0 Å². The molecule has 1 atom stereocenters. The molecule has 1 heterocycles. The number of rotatable bonds is 5. The molecule has 8 heteroatoms. The maximum absolute atomic E-state index is 11.2. The molecule has 15 heavy (non-hydrogen) atoms. The minimum absolute atomic E-state index is 0.0518. The van der Waals surface area contributed by atoms with E-state index in [-0.39, 0.29) is 18.3 Å². The molecule has 0 saturated carbocycles. The zero-order chi connectivity index (χ0) is 11.5. The van der Waals surface area contributed by atoms with Crippen molar-refractivity contribution < 1.29 is 21.9 Å². The molecule has 1 saturated heterocycles. The average Bonchev–Trinajstić information content (AvgIpc) is 2.48. The standard InChI is InChI=1S/C7H12ClNO5S/c8-4-6(14-15(11,12)13)5-9-3-1-2-7(9)10/h6H,1-5H2,(H,11,12,13)/t6-/m0/s1. The highest BCUT2D eigenvalue weighted by atomic mass is 35.5. The maximum atomic E-state index is 11.2. The Labute approximate surface area is 93.1 Å². The molecule has 0 radical (unpaired) electrons. The SMILES string of the molecule is O=C1CCCN1C[C@H](CCl)OS(=O)(=O)O. The van der Waals surface area contributed by atoms with Crippen molar-refractivity contribution in [3.63, 3.8) is 0 Å². The van der Waals surface area contributed by atoms with Gasteiger partial charge in [-0.05, 0) is 6.42 Å². The molecule has 1 aliphatic rings. The summed E-state index contributed by atoms with van der Waals surface area (Å²) in [5.41, 5.74) is 0. The summed E-state index contributed by atoms with van der Waals surface area (Å²) in [5.74, 6) is -0.159. The number of nitrogens with zero attached hydrogens (tertiary/aromatic N) is 1. The summed E-state index contributed by atoms with van der Waals surface area (Å²) in [6.45, 7) is 0.656. The Bertz CT molecular complexity index is 330. The lowest BCUT2D eigenvalue weighted by atomic mass is 10.4. The number of likely N-dealkylation sites (tertiary alicyclic amines) is 1. The zero-order valence-electron chi connectivity index (χ0n) is 7.93. The van der Waals surface area contributed by atoms with E-state index in [0.29, 0.717) is 13.0 Å². The second-order valence-corrected chi connectivity index (χ2v) is 4.60. The summed E-state index contributed by atoms with van der Waals surface area (Å²) >= 11 is 5.46. The Balaban J connectivity index is 2.50. The van der Waals surface area contributed by atoms with Crippen LogP contribution in [0.25, 0.3) is 0 Å². The predicted octanol–water partition coefficient (Wildman–Crippen LogP) is 0.0356. The third-order valence-corrected chi connectivity index (χ3v) is 2.88. The lowest BCUT2D eigenvalue weighted by Gasteiger charge is -2.20.